The van der Waals surface area contributed by atoms with E-state index < -0.39 is 17.5 Å². The number of ether oxygens (including phenoxy) is 3. The van der Waals surface area contributed by atoms with Gasteiger partial charge in [-0.1, -0.05) is 65.6 Å². The van der Waals surface area contributed by atoms with Gasteiger partial charge in [0.15, 0.2) is 0 Å². The lowest BCUT2D eigenvalue weighted by molar-refractivity contribution is -0.138. The number of thioether (sulfide) groups is 2. The molecule has 2 aliphatic heterocycles. The lowest BCUT2D eigenvalue weighted by Crippen LogP contribution is -2.56. The molecule has 198 valence electrons. The summed E-state index contributed by atoms with van der Waals surface area (Å²) in [5.74, 6) is -0.964. The normalized spacial score (nSPS) is 16.4. The largest absolute Gasteiger partial charge is 0.492 e. The number of benzene rings is 2. The average Bonchev–Trinajstić information content (AvgIpc) is 3.33. The Hall–Kier alpha value is -3.08. The van der Waals surface area contributed by atoms with Crippen molar-refractivity contribution in [2.75, 3.05) is 25.7 Å². The van der Waals surface area contributed by atoms with Gasteiger partial charge in [-0.05, 0) is 45.9 Å². The third kappa shape index (κ3) is 4.76. The molecule has 0 saturated heterocycles. The van der Waals surface area contributed by atoms with E-state index in [1.807, 2.05) is 64.1 Å². The number of nitrogens with zero attached hydrogens (tertiary/aromatic N) is 1. The number of fused-ring (bicyclic) bond motifs is 1. The van der Waals surface area contributed by atoms with Crippen LogP contribution in [0.2, 0.25) is 0 Å². The molecule has 2 aromatic rings. The fraction of sp³-hybridized carbons (Fsp3) is 0.286. The lowest BCUT2D eigenvalue weighted by atomic mass is 9.82. The molecule has 2 heterocycles. The number of hydrogen-bond donors (Lipinski definition) is 0. The fourth-order valence-corrected chi connectivity index (χ4v) is 7.39. The summed E-state index contributed by atoms with van der Waals surface area (Å²) < 4.78 is 16.5. The van der Waals surface area contributed by atoms with E-state index in [1.165, 1.54) is 14.2 Å². The lowest BCUT2D eigenvalue weighted by Gasteiger charge is -2.45. The van der Waals surface area contributed by atoms with E-state index in [-0.39, 0.29) is 15.7 Å². The molecule has 0 aromatic heterocycles. The minimum atomic E-state index is -0.959. The van der Waals surface area contributed by atoms with Crippen molar-refractivity contribution in [3.05, 3.63) is 73.2 Å². The maximum atomic E-state index is 14.1. The summed E-state index contributed by atoms with van der Waals surface area (Å²) in [6.07, 6.45) is 0. The standard InChI is InChI=1S/C28H27NO6S3/c1-7-35-18-13-9-12-17-19(27-37-21(25(31)33-5)22(38-27)26(32)34-6)23(36)28(3,4)29(20(17)18)24(30)16-11-8-10-15(2)14-16/h8-14H,7H2,1-6H3. The Labute approximate surface area is 235 Å². The molecular weight excluding hydrogens is 543 g/mol. The second-order valence-corrected chi connectivity index (χ2v) is 11.7. The van der Waals surface area contributed by atoms with Crippen LogP contribution in [0, 0.1) is 6.92 Å². The Morgan fingerprint density at radius 3 is 2.13 bits per heavy atom. The van der Waals surface area contributed by atoms with Crippen LogP contribution in [0.15, 0.2) is 56.5 Å². The molecule has 0 spiro atoms. The number of amides is 1. The van der Waals surface area contributed by atoms with Crippen LogP contribution in [0.4, 0.5) is 5.69 Å². The Balaban J connectivity index is 1.97. The molecule has 0 N–H and O–H groups in total. The van der Waals surface area contributed by atoms with E-state index in [4.69, 9.17) is 26.4 Å². The van der Waals surface area contributed by atoms with E-state index in [9.17, 15) is 14.4 Å². The quantitative estimate of drug-likeness (QED) is 0.248. The minimum absolute atomic E-state index is 0.133. The highest BCUT2D eigenvalue weighted by Crippen LogP contribution is 2.57. The highest BCUT2D eigenvalue weighted by Gasteiger charge is 2.47. The predicted octanol–water partition coefficient (Wildman–Crippen LogP) is 5.91. The number of para-hydroxylation sites is 1. The molecule has 0 fully saturated rings. The van der Waals surface area contributed by atoms with Gasteiger partial charge < -0.3 is 14.2 Å². The van der Waals surface area contributed by atoms with Crippen LogP contribution in [-0.2, 0) is 19.1 Å². The maximum absolute atomic E-state index is 14.1. The molecule has 1 amide bonds. The van der Waals surface area contributed by atoms with Crippen LogP contribution in [0.5, 0.6) is 5.75 Å². The summed E-state index contributed by atoms with van der Waals surface area (Å²) in [6, 6.07) is 12.9. The Kier molecular flexibility index (Phi) is 8.06. The van der Waals surface area contributed by atoms with Crippen molar-refractivity contribution in [2.45, 2.75) is 33.2 Å². The predicted molar refractivity (Wildman–Crippen MR) is 155 cm³/mol. The van der Waals surface area contributed by atoms with E-state index >= 15 is 0 Å². The third-order valence-corrected chi connectivity index (χ3v) is 9.40. The van der Waals surface area contributed by atoms with Gasteiger partial charge in [0, 0.05) is 16.7 Å². The zero-order chi connectivity index (χ0) is 27.8. The van der Waals surface area contributed by atoms with Crippen molar-refractivity contribution in [3.63, 3.8) is 0 Å². The first-order chi connectivity index (χ1) is 18.1. The zero-order valence-corrected chi connectivity index (χ0v) is 24.3. The summed E-state index contributed by atoms with van der Waals surface area (Å²) in [7, 11) is 2.51. The van der Waals surface area contributed by atoms with Crippen molar-refractivity contribution in [3.8, 4) is 5.75 Å². The summed E-state index contributed by atoms with van der Waals surface area (Å²) in [5, 5.41) is 0. The van der Waals surface area contributed by atoms with Gasteiger partial charge in [-0.25, -0.2) is 9.59 Å². The number of carbonyl (C=O) groups is 3. The molecule has 0 atom stereocenters. The average molecular weight is 570 g/mol. The van der Waals surface area contributed by atoms with Crippen LogP contribution in [-0.4, -0.2) is 49.1 Å². The number of anilines is 1. The van der Waals surface area contributed by atoms with E-state index in [2.05, 4.69) is 0 Å². The van der Waals surface area contributed by atoms with Crippen LogP contribution < -0.4 is 9.64 Å². The minimum Gasteiger partial charge on any atom is -0.492 e. The molecule has 0 bridgehead atoms. The molecule has 0 aliphatic carbocycles. The van der Waals surface area contributed by atoms with Gasteiger partial charge in [-0.2, -0.15) is 0 Å². The second-order valence-electron chi connectivity index (χ2n) is 8.99. The Bertz CT molecular complexity index is 1400. The monoisotopic (exact) mass is 569 g/mol. The number of esters is 2. The van der Waals surface area contributed by atoms with Gasteiger partial charge in [0.05, 0.1) is 41.2 Å². The van der Waals surface area contributed by atoms with Crippen molar-refractivity contribution in [2.24, 2.45) is 0 Å². The second kappa shape index (κ2) is 11.0. The van der Waals surface area contributed by atoms with Gasteiger partial charge in [0.25, 0.3) is 5.91 Å². The first-order valence-corrected chi connectivity index (χ1v) is 13.8. The van der Waals surface area contributed by atoms with Crippen LogP contribution in [0.1, 0.15) is 42.3 Å². The summed E-state index contributed by atoms with van der Waals surface area (Å²) in [4.78, 5) is 41.6. The van der Waals surface area contributed by atoms with E-state index in [0.29, 0.717) is 43.8 Å². The van der Waals surface area contributed by atoms with Crippen molar-refractivity contribution < 1.29 is 28.6 Å². The van der Waals surface area contributed by atoms with Gasteiger partial charge in [0.2, 0.25) is 0 Å². The van der Waals surface area contributed by atoms with E-state index in [1.54, 1.807) is 11.0 Å². The molecule has 7 nitrogen and oxygen atoms in total. The fourth-order valence-electron chi connectivity index (χ4n) is 4.36. The summed E-state index contributed by atoms with van der Waals surface area (Å²) in [6.45, 7) is 7.97. The van der Waals surface area contributed by atoms with Crippen molar-refractivity contribution in [1.82, 2.24) is 0 Å². The first-order valence-electron chi connectivity index (χ1n) is 11.8. The zero-order valence-electron chi connectivity index (χ0n) is 21.9. The molecule has 2 aliphatic rings. The van der Waals surface area contributed by atoms with Crippen molar-refractivity contribution in [1.29, 1.82) is 0 Å². The molecule has 0 unspecified atom stereocenters. The van der Waals surface area contributed by atoms with Crippen LogP contribution >= 0.6 is 35.7 Å². The number of thiocarbonyl (C=S) groups is 1. The van der Waals surface area contributed by atoms with Gasteiger partial charge >= 0.3 is 11.9 Å². The van der Waals surface area contributed by atoms with Crippen molar-refractivity contribution >= 4 is 69.7 Å². The van der Waals surface area contributed by atoms with Gasteiger partial charge in [0.1, 0.15) is 15.6 Å². The molecule has 2 aromatic carbocycles. The number of methoxy groups -OCH3 is 2. The number of carbonyl (C=O) groups excluding carboxylic acids is 3. The molecule has 4 rings (SSSR count). The molecule has 0 radical (unpaired) electrons. The molecular formula is C28H27NO6S3. The number of hydrogen-bond acceptors (Lipinski definition) is 9. The summed E-state index contributed by atoms with van der Waals surface area (Å²) in [5.41, 5.74) is 2.44. The smallest absolute Gasteiger partial charge is 0.346 e. The topological polar surface area (TPSA) is 82.1 Å². The van der Waals surface area contributed by atoms with Crippen LogP contribution in [0.25, 0.3) is 5.57 Å². The number of rotatable bonds is 5. The molecule has 38 heavy (non-hydrogen) atoms. The Morgan fingerprint density at radius 2 is 1.58 bits per heavy atom. The van der Waals surface area contributed by atoms with Crippen LogP contribution in [0.3, 0.4) is 0 Å². The third-order valence-electron chi connectivity index (χ3n) is 6.14. The first kappa shape index (κ1) is 27.9. The van der Waals surface area contributed by atoms with E-state index in [0.717, 1.165) is 29.1 Å². The van der Waals surface area contributed by atoms with Gasteiger partial charge in [-0.3, -0.25) is 9.69 Å². The SMILES string of the molecule is CCOc1cccc2c1N(C(=O)c1cccc(C)c1)C(C)(C)C(=S)C2=C1SC(C(=O)OC)=C(C(=O)OC)S1. The summed E-state index contributed by atoms with van der Waals surface area (Å²) >= 11 is 8.28. The number of aryl methyl sites for hydroxylation is 1. The highest BCUT2D eigenvalue weighted by molar-refractivity contribution is 8.29. The molecule has 10 heteroatoms. The Morgan fingerprint density at radius 1 is 0.974 bits per heavy atom. The molecule has 0 saturated carbocycles. The van der Waals surface area contributed by atoms with Gasteiger partial charge in [-0.15, -0.1) is 0 Å². The maximum Gasteiger partial charge on any atom is 0.346 e. The highest BCUT2D eigenvalue weighted by atomic mass is 32.2.